The molecule has 0 bridgehead atoms. The summed E-state index contributed by atoms with van der Waals surface area (Å²) < 4.78 is 0. The number of hydrogen-bond donors (Lipinski definition) is 1. The number of benzene rings is 1. The van der Waals surface area contributed by atoms with E-state index >= 15 is 0 Å². The second-order valence-corrected chi connectivity index (χ2v) is 5.93. The third-order valence-corrected chi connectivity index (χ3v) is 4.53. The Morgan fingerprint density at radius 3 is 2.62 bits per heavy atom. The van der Waals surface area contributed by atoms with Crippen molar-refractivity contribution in [1.29, 1.82) is 0 Å². The predicted octanol–water partition coefficient (Wildman–Crippen LogP) is 3.23. The van der Waals surface area contributed by atoms with Crippen molar-refractivity contribution in [3.63, 3.8) is 0 Å². The molecule has 2 atom stereocenters. The highest BCUT2D eigenvalue weighted by Gasteiger charge is 2.25. The third-order valence-electron chi connectivity index (χ3n) is 4.53. The summed E-state index contributed by atoms with van der Waals surface area (Å²) in [5.41, 5.74) is 10.1. The maximum atomic E-state index is 6.49. The Kier molecular flexibility index (Phi) is 4.32. The predicted molar refractivity (Wildman–Crippen MR) is 86.9 cm³/mol. The van der Waals surface area contributed by atoms with Crippen molar-refractivity contribution in [3.05, 3.63) is 54.4 Å². The van der Waals surface area contributed by atoms with Gasteiger partial charge in [-0.2, -0.15) is 0 Å². The normalized spacial score (nSPS) is 21.1. The minimum Gasteiger partial charge on any atom is -0.323 e. The van der Waals surface area contributed by atoms with E-state index in [1.807, 2.05) is 12.3 Å². The summed E-state index contributed by atoms with van der Waals surface area (Å²) in [6.45, 7) is 1.16. The van der Waals surface area contributed by atoms with Gasteiger partial charge in [-0.3, -0.25) is 4.98 Å². The van der Waals surface area contributed by atoms with Crippen LogP contribution in [-0.2, 0) is 0 Å². The second kappa shape index (κ2) is 6.37. The van der Waals surface area contributed by atoms with Gasteiger partial charge in [0.05, 0.1) is 0 Å². The first-order valence-electron chi connectivity index (χ1n) is 7.72. The lowest BCUT2D eigenvalue weighted by Gasteiger charge is -2.36. The van der Waals surface area contributed by atoms with Crippen LogP contribution < -0.4 is 5.73 Å². The average Bonchev–Trinajstić information content (AvgIpc) is 2.56. The molecule has 0 radical (unpaired) electrons. The zero-order chi connectivity index (χ0) is 14.7. The van der Waals surface area contributed by atoms with E-state index in [1.165, 1.54) is 30.4 Å². The maximum absolute atomic E-state index is 6.49. The fraction of sp³-hybridized carbons (Fsp3) is 0.389. The number of piperidine rings is 1. The summed E-state index contributed by atoms with van der Waals surface area (Å²) in [5.74, 6) is 0. The van der Waals surface area contributed by atoms with Crippen LogP contribution in [-0.4, -0.2) is 29.5 Å². The number of aromatic nitrogens is 1. The molecule has 0 spiro atoms. The molecule has 3 rings (SSSR count). The molecule has 3 nitrogen and oxygen atoms in total. The summed E-state index contributed by atoms with van der Waals surface area (Å²) in [6.07, 6.45) is 7.47. The van der Waals surface area contributed by atoms with Crippen LogP contribution in [0.15, 0.2) is 48.8 Å². The zero-order valence-electron chi connectivity index (χ0n) is 12.6. The van der Waals surface area contributed by atoms with E-state index in [2.05, 4.69) is 47.3 Å². The molecule has 0 unspecified atom stereocenters. The van der Waals surface area contributed by atoms with Crippen molar-refractivity contribution < 1.29 is 0 Å². The van der Waals surface area contributed by atoms with Gasteiger partial charge < -0.3 is 10.6 Å². The van der Waals surface area contributed by atoms with Crippen molar-refractivity contribution in [2.45, 2.75) is 31.3 Å². The van der Waals surface area contributed by atoms with E-state index in [-0.39, 0.29) is 6.04 Å². The fourth-order valence-corrected chi connectivity index (χ4v) is 3.21. The van der Waals surface area contributed by atoms with Gasteiger partial charge in [0.15, 0.2) is 0 Å². The zero-order valence-corrected chi connectivity index (χ0v) is 12.6. The van der Waals surface area contributed by atoms with Gasteiger partial charge in [0, 0.05) is 24.5 Å². The van der Waals surface area contributed by atoms with E-state index in [0.29, 0.717) is 6.04 Å². The monoisotopic (exact) mass is 281 g/mol. The van der Waals surface area contributed by atoms with Crippen LogP contribution in [0.1, 0.15) is 30.9 Å². The van der Waals surface area contributed by atoms with Crippen molar-refractivity contribution in [1.82, 2.24) is 9.88 Å². The summed E-state index contributed by atoms with van der Waals surface area (Å²) in [4.78, 5) is 6.58. The van der Waals surface area contributed by atoms with Gasteiger partial charge in [0.1, 0.15) is 0 Å². The molecule has 2 N–H and O–H groups in total. The SMILES string of the molecule is CN1CCCC[C@H]1[C@@H](N)c1ccc(-c2cccnc2)cc1. The number of likely N-dealkylation sites (tertiary alicyclic amines) is 1. The molecule has 1 aliphatic rings. The molecule has 110 valence electrons. The number of likely N-dealkylation sites (N-methyl/N-ethyl adjacent to an activating group) is 1. The van der Waals surface area contributed by atoms with E-state index in [0.717, 1.165) is 12.1 Å². The third kappa shape index (κ3) is 3.14. The Bertz CT molecular complexity index is 565. The smallest absolute Gasteiger partial charge is 0.0452 e. The maximum Gasteiger partial charge on any atom is 0.0452 e. The number of hydrogen-bond acceptors (Lipinski definition) is 3. The largest absolute Gasteiger partial charge is 0.323 e. The molecule has 3 heteroatoms. The molecule has 1 saturated heterocycles. The number of pyridine rings is 1. The Morgan fingerprint density at radius 2 is 1.95 bits per heavy atom. The summed E-state index contributed by atoms with van der Waals surface area (Å²) in [5, 5.41) is 0. The van der Waals surface area contributed by atoms with Crippen molar-refractivity contribution in [2.24, 2.45) is 5.73 Å². The van der Waals surface area contributed by atoms with Crippen molar-refractivity contribution in [2.75, 3.05) is 13.6 Å². The minimum atomic E-state index is 0.0956. The number of nitrogens with zero attached hydrogens (tertiary/aromatic N) is 2. The molecule has 21 heavy (non-hydrogen) atoms. The van der Waals surface area contributed by atoms with Crippen LogP contribution in [0.2, 0.25) is 0 Å². The highest BCUT2D eigenvalue weighted by Crippen LogP contribution is 2.27. The second-order valence-electron chi connectivity index (χ2n) is 5.93. The van der Waals surface area contributed by atoms with Gasteiger partial charge in [0.2, 0.25) is 0 Å². The molecule has 0 saturated carbocycles. The van der Waals surface area contributed by atoms with E-state index in [4.69, 9.17) is 5.73 Å². The first-order chi connectivity index (χ1) is 10.3. The van der Waals surface area contributed by atoms with Gasteiger partial charge in [-0.05, 0) is 49.2 Å². The molecule has 1 aromatic carbocycles. The fourth-order valence-electron chi connectivity index (χ4n) is 3.21. The molecular weight excluding hydrogens is 258 g/mol. The Morgan fingerprint density at radius 1 is 1.14 bits per heavy atom. The lowest BCUT2D eigenvalue weighted by Crippen LogP contribution is -2.43. The summed E-state index contributed by atoms with van der Waals surface area (Å²) in [6, 6.07) is 13.2. The van der Waals surface area contributed by atoms with E-state index in [9.17, 15) is 0 Å². The molecule has 2 heterocycles. The molecule has 0 amide bonds. The minimum absolute atomic E-state index is 0.0956. The highest BCUT2D eigenvalue weighted by atomic mass is 15.1. The van der Waals surface area contributed by atoms with E-state index < -0.39 is 0 Å². The van der Waals surface area contributed by atoms with Crippen LogP contribution >= 0.6 is 0 Å². The van der Waals surface area contributed by atoms with Crippen LogP contribution in [0.5, 0.6) is 0 Å². The quantitative estimate of drug-likeness (QED) is 0.939. The van der Waals surface area contributed by atoms with Crippen molar-refractivity contribution in [3.8, 4) is 11.1 Å². The van der Waals surface area contributed by atoms with Gasteiger partial charge in [-0.1, -0.05) is 36.8 Å². The van der Waals surface area contributed by atoms with Crippen LogP contribution in [0, 0.1) is 0 Å². The van der Waals surface area contributed by atoms with Crippen molar-refractivity contribution >= 4 is 0 Å². The van der Waals surface area contributed by atoms with Gasteiger partial charge >= 0.3 is 0 Å². The lowest BCUT2D eigenvalue weighted by molar-refractivity contribution is 0.160. The molecule has 1 aliphatic heterocycles. The first-order valence-corrected chi connectivity index (χ1v) is 7.72. The summed E-state index contributed by atoms with van der Waals surface area (Å²) in [7, 11) is 2.19. The van der Waals surface area contributed by atoms with Crippen LogP contribution in [0.4, 0.5) is 0 Å². The number of nitrogens with two attached hydrogens (primary N) is 1. The molecule has 1 aromatic heterocycles. The van der Waals surface area contributed by atoms with E-state index in [1.54, 1.807) is 6.20 Å². The molecule has 1 fully saturated rings. The van der Waals surface area contributed by atoms with Crippen LogP contribution in [0.25, 0.3) is 11.1 Å². The molecular formula is C18H23N3. The first kappa shape index (κ1) is 14.2. The molecule has 0 aliphatic carbocycles. The molecule has 2 aromatic rings. The topological polar surface area (TPSA) is 42.1 Å². The van der Waals surface area contributed by atoms with Crippen LogP contribution in [0.3, 0.4) is 0 Å². The number of rotatable bonds is 3. The summed E-state index contributed by atoms with van der Waals surface area (Å²) >= 11 is 0. The Balaban J connectivity index is 1.77. The standard InChI is InChI=1S/C18H23N3/c1-21-12-3-2-6-17(21)18(19)15-9-7-14(8-10-15)16-5-4-11-20-13-16/h4-5,7-11,13,17-18H,2-3,6,12,19H2,1H3/t17-,18-/m0/s1. The highest BCUT2D eigenvalue weighted by molar-refractivity contribution is 5.62. The van der Waals surface area contributed by atoms with Gasteiger partial charge in [-0.25, -0.2) is 0 Å². The van der Waals surface area contributed by atoms with Gasteiger partial charge in [-0.15, -0.1) is 0 Å². The lowest BCUT2D eigenvalue weighted by atomic mass is 9.91. The average molecular weight is 281 g/mol. The Hall–Kier alpha value is -1.71. The van der Waals surface area contributed by atoms with Gasteiger partial charge in [0.25, 0.3) is 0 Å². The Labute approximate surface area is 126 Å².